The predicted octanol–water partition coefficient (Wildman–Crippen LogP) is 3.41. The molecule has 3 aromatic rings. The molecule has 0 aliphatic heterocycles. The standard InChI is InChI=1S/C15H14N4S/c20-15-18-17-14(11-6-7-11)19(15)9-12-4-1-3-10-5-2-8-16-13(10)12/h1-5,8,11H,6-7,9H2,(H,18,20). The topological polar surface area (TPSA) is 46.5 Å². The van der Waals surface area contributed by atoms with E-state index in [0.717, 1.165) is 23.3 Å². The first-order chi connectivity index (χ1) is 9.83. The van der Waals surface area contributed by atoms with Crippen LogP contribution in [0, 0.1) is 4.77 Å². The van der Waals surface area contributed by atoms with Gasteiger partial charge in [-0.05, 0) is 36.7 Å². The van der Waals surface area contributed by atoms with Crippen LogP contribution >= 0.6 is 12.2 Å². The molecule has 2 heterocycles. The first-order valence-electron chi connectivity index (χ1n) is 6.80. The molecule has 100 valence electrons. The van der Waals surface area contributed by atoms with Gasteiger partial charge in [0.15, 0.2) is 4.77 Å². The number of H-pyrrole nitrogens is 1. The number of aromatic nitrogens is 4. The molecule has 5 heteroatoms. The Kier molecular flexibility index (Phi) is 2.67. The SMILES string of the molecule is S=c1[nH]nc(C2CC2)n1Cc1cccc2cccnc12. The Balaban J connectivity index is 1.82. The van der Waals surface area contributed by atoms with Crippen molar-refractivity contribution in [1.29, 1.82) is 0 Å². The average molecular weight is 282 g/mol. The molecule has 1 aliphatic rings. The van der Waals surface area contributed by atoms with Gasteiger partial charge in [-0.2, -0.15) is 5.10 Å². The average Bonchev–Trinajstić information content (AvgIpc) is 3.26. The number of rotatable bonds is 3. The summed E-state index contributed by atoms with van der Waals surface area (Å²) in [6, 6.07) is 10.3. The van der Waals surface area contributed by atoms with E-state index in [1.807, 2.05) is 12.3 Å². The van der Waals surface area contributed by atoms with Crippen molar-refractivity contribution < 1.29 is 0 Å². The Morgan fingerprint density at radius 3 is 2.95 bits per heavy atom. The van der Waals surface area contributed by atoms with Crippen molar-refractivity contribution >= 4 is 23.1 Å². The van der Waals surface area contributed by atoms with Gasteiger partial charge in [0.1, 0.15) is 5.82 Å². The lowest BCUT2D eigenvalue weighted by molar-refractivity contribution is 0.721. The van der Waals surface area contributed by atoms with E-state index in [1.165, 1.54) is 18.4 Å². The van der Waals surface area contributed by atoms with E-state index in [1.54, 1.807) is 0 Å². The lowest BCUT2D eigenvalue weighted by atomic mass is 10.1. The van der Waals surface area contributed by atoms with Gasteiger partial charge < -0.3 is 0 Å². The summed E-state index contributed by atoms with van der Waals surface area (Å²) in [7, 11) is 0. The van der Waals surface area contributed by atoms with Crippen LogP contribution in [0.3, 0.4) is 0 Å². The molecule has 0 spiro atoms. The lowest BCUT2D eigenvalue weighted by Crippen LogP contribution is -2.05. The monoisotopic (exact) mass is 282 g/mol. The summed E-state index contributed by atoms with van der Waals surface area (Å²) in [5.41, 5.74) is 2.22. The summed E-state index contributed by atoms with van der Waals surface area (Å²) in [6.45, 7) is 0.732. The van der Waals surface area contributed by atoms with E-state index < -0.39 is 0 Å². The quantitative estimate of drug-likeness (QED) is 0.749. The van der Waals surface area contributed by atoms with Gasteiger partial charge >= 0.3 is 0 Å². The second-order valence-corrected chi connectivity index (χ2v) is 5.63. The van der Waals surface area contributed by atoms with Gasteiger partial charge in [0.05, 0.1) is 12.1 Å². The van der Waals surface area contributed by atoms with Crippen LogP contribution in [0.4, 0.5) is 0 Å². The Labute approximate surface area is 121 Å². The number of nitrogens with zero attached hydrogens (tertiary/aromatic N) is 3. The van der Waals surface area contributed by atoms with E-state index in [4.69, 9.17) is 12.2 Å². The van der Waals surface area contributed by atoms with Crippen molar-refractivity contribution in [1.82, 2.24) is 19.7 Å². The maximum atomic E-state index is 5.37. The first kappa shape index (κ1) is 11.8. The van der Waals surface area contributed by atoms with Crippen LogP contribution in [0.15, 0.2) is 36.5 Å². The summed E-state index contributed by atoms with van der Waals surface area (Å²) in [5, 5.41) is 8.46. The van der Waals surface area contributed by atoms with Crippen LogP contribution in [0.5, 0.6) is 0 Å². The summed E-state index contributed by atoms with van der Waals surface area (Å²) >= 11 is 5.37. The number of hydrogen-bond acceptors (Lipinski definition) is 3. The molecule has 4 rings (SSSR count). The summed E-state index contributed by atoms with van der Waals surface area (Å²) in [4.78, 5) is 4.50. The number of fused-ring (bicyclic) bond motifs is 1. The van der Waals surface area contributed by atoms with Crippen LogP contribution < -0.4 is 0 Å². The van der Waals surface area contributed by atoms with Gasteiger partial charge in [-0.25, -0.2) is 0 Å². The summed E-state index contributed by atoms with van der Waals surface area (Å²) in [5.74, 6) is 1.66. The summed E-state index contributed by atoms with van der Waals surface area (Å²) in [6.07, 6.45) is 4.27. The molecule has 1 aromatic carbocycles. The second kappa shape index (κ2) is 4.52. The third-order valence-corrected chi connectivity index (χ3v) is 4.09. The zero-order valence-corrected chi connectivity index (χ0v) is 11.7. The van der Waals surface area contributed by atoms with Crippen LogP contribution in [-0.2, 0) is 6.54 Å². The van der Waals surface area contributed by atoms with E-state index in [0.29, 0.717) is 10.7 Å². The van der Waals surface area contributed by atoms with Gasteiger partial charge in [0.25, 0.3) is 0 Å². The minimum atomic E-state index is 0.575. The van der Waals surface area contributed by atoms with E-state index >= 15 is 0 Å². The number of benzene rings is 1. The van der Waals surface area contributed by atoms with Gasteiger partial charge in [0, 0.05) is 17.5 Å². The number of para-hydroxylation sites is 1. The molecular formula is C15H14N4S. The molecular weight excluding hydrogens is 268 g/mol. The lowest BCUT2D eigenvalue weighted by Gasteiger charge is -2.08. The number of aromatic amines is 1. The number of nitrogens with one attached hydrogen (secondary N) is 1. The molecule has 0 amide bonds. The molecule has 0 radical (unpaired) electrons. The van der Waals surface area contributed by atoms with Crippen molar-refractivity contribution in [2.45, 2.75) is 25.3 Å². The van der Waals surface area contributed by atoms with Crippen LogP contribution in [0.25, 0.3) is 10.9 Å². The highest BCUT2D eigenvalue weighted by atomic mass is 32.1. The normalized spacial score (nSPS) is 14.8. The minimum Gasteiger partial charge on any atom is -0.299 e. The maximum Gasteiger partial charge on any atom is 0.195 e. The molecule has 0 unspecified atom stereocenters. The van der Waals surface area contributed by atoms with Crippen LogP contribution in [0.1, 0.15) is 30.1 Å². The first-order valence-corrected chi connectivity index (χ1v) is 7.21. The van der Waals surface area contributed by atoms with Crippen molar-refractivity contribution in [3.05, 3.63) is 52.7 Å². The summed E-state index contributed by atoms with van der Waals surface area (Å²) < 4.78 is 2.80. The molecule has 1 fully saturated rings. The molecule has 1 N–H and O–H groups in total. The van der Waals surface area contributed by atoms with Crippen molar-refractivity contribution in [2.24, 2.45) is 0 Å². The molecule has 1 saturated carbocycles. The number of hydrogen-bond donors (Lipinski definition) is 1. The molecule has 4 nitrogen and oxygen atoms in total. The van der Waals surface area contributed by atoms with E-state index in [2.05, 4.69) is 44.0 Å². The Morgan fingerprint density at radius 1 is 1.25 bits per heavy atom. The molecule has 0 atom stereocenters. The van der Waals surface area contributed by atoms with Crippen molar-refractivity contribution in [3.63, 3.8) is 0 Å². The zero-order valence-electron chi connectivity index (χ0n) is 10.9. The van der Waals surface area contributed by atoms with Gasteiger partial charge in [-0.15, -0.1) is 0 Å². The van der Waals surface area contributed by atoms with Crippen LogP contribution in [-0.4, -0.2) is 19.7 Å². The third kappa shape index (κ3) is 1.94. The predicted molar refractivity (Wildman–Crippen MR) is 80.2 cm³/mol. The molecule has 20 heavy (non-hydrogen) atoms. The fourth-order valence-corrected chi connectivity index (χ4v) is 2.80. The zero-order chi connectivity index (χ0) is 13.5. The molecule has 2 aromatic heterocycles. The molecule has 0 saturated heterocycles. The van der Waals surface area contributed by atoms with Crippen LogP contribution in [0.2, 0.25) is 0 Å². The fraction of sp³-hybridized carbons (Fsp3) is 0.267. The molecule has 1 aliphatic carbocycles. The van der Waals surface area contributed by atoms with Crippen molar-refractivity contribution in [2.75, 3.05) is 0 Å². The van der Waals surface area contributed by atoms with Gasteiger partial charge in [-0.1, -0.05) is 24.3 Å². The van der Waals surface area contributed by atoms with E-state index in [-0.39, 0.29) is 0 Å². The van der Waals surface area contributed by atoms with Crippen molar-refractivity contribution in [3.8, 4) is 0 Å². The Bertz CT molecular complexity index is 824. The minimum absolute atomic E-state index is 0.575. The Hall–Kier alpha value is -2.01. The highest BCUT2D eigenvalue weighted by Crippen LogP contribution is 2.39. The third-order valence-electron chi connectivity index (χ3n) is 3.78. The second-order valence-electron chi connectivity index (χ2n) is 5.24. The number of pyridine rings is 1. The Morgan fingerprint density at radius 2 is 2.10 bits per heavy atom. The van der Waals surface area contributed by atoms with Gasteiger partial charge in [0.2, 0.25) is 0 Å². The fourth-order valence-electron chi connectivity index (χ4n) is 2.60. The molecule has 0 bridgehead atoms. The highest BCUT2D eigenvalue weighted by Gasteiger charge is 2.29. The van der Waals surface area contributed by atoms with E-state index in [9.17, 15) is 0 Å². The maximum absolute atomic E-state index is 5.37. The largest absolute Gasteiger partial charge is 0.299 e. The van der Waals surface area contributed by atoms with Gasteiger partial charge in [-0.3, -0.25) is 14.6 Å². The highest BCUT2D eigenvalue weighted by molar-refractivity contribution is 7.71. The smallest absolute Gasteiger partial charge is 0.195 e.